The fourth-order valence-corrected chi connectivity index (χ4v) is 1.37. The third kappa shape index (κ3) is 3.93. The lowest BCUT2D eigenvalue weighted by Crippen LogP contribution is -2.03. The normalized spacial score (nSPS) is 10.5. The monoisotopic (exact) mass is 222 g/mol. The predicted molar refractivity (Wildman–Crippen MR) is 63.1 cm³/mol. The zero-order chi connectivity index (χ0) is 12.1. The maximum absolute atomic E-state index is 10.8. The summed E-state index contributed by atoms with van der Waals surface area (Å²) in [5.41, 5.74) is 1.18. The van der Waals surface area contributed by atoms with E-state index in [0.717, 1.165) is 12.0 Å². The van der Waals surface area contributed by atoms with E-state index >= 15 is 0 Å². The number of aryl methyl sites for hydroxylation is 1. The molecule has 1 aromatic rings. The van der Waals surface area contributed by atoms with Crippen molar-refractivity contribution >= 4 is 5.97 Å². The molecule has 3 nitrogen and oxygen atoms in total. The van der Waals surface area contributed by atoms with Gasteiger partial charge in [0.1, 0.15) is 5.75 Å². The van der Waals surface area contributed by atoms with Crippen molar-refractivity contribution in [2.45, 2.75) is 27.2 Å². The van der Waals surface area contributed by atoms with E-state index in [1.54, 1.807) is 12.1 Å². The quantitative estimate of drug-likeness (QED) is 0.832. The number of benzene rings is 1. The molecule has 0 aliphatic heterocycles. The molecule has 1 N–H and O–H groups in total. The van der Waals surface area contributed by atoms with Crippen LogP contribution in [0.15, 0.2) is 18.2 Å². The average Bonchev–Trinajstić information content (AvgIpc) is 2.16. The fraction of sp³-hybridized carbons (Fsp3) is 0.462. The van der Waals surface area contributed by atoms with Crippen LogP contribution in [0.1, 0.15) is 36.2 Å². The second-order valence-electron chi connectivity index (χ2n) is 4.37. The molecule has 88 valence electrons. The number of carboxylic acids is 1. The number of carbonyl (C=O) groups is 1. The molecule has 0 spiro atoms. The molecule has 1 aromatic carbocycles. The van der Waals surface area contributed by atoms with Crippen LogP contribution in [0.2, 0.25) is 0 Å². The molecule has 0 aromatic heterocycles. The van der Waals surface area contributed by atoms with Gasteiger partial charge in [0.15, 0.2) is 0 Å². The Morgan fingerprint density at radius 3 is 2.62 bits per heavy atom. The minimum Gasteiger partial charge on any atom is -0.494 e. The van der Waals surface area contributed by atoms with Crippen LogP contribution in [0, 0.1) is 12.8 Å². The van der Waals surface area contributed by atoms with Crippen LogP contribution in [-0.4, -0.2) is 17.7 Å². The lowest BCUT2D eigenvalue weighted by Gasteiger charge is -2.09. The summed E-state index contributed by atoms with van der Waals surface area (Å²) in [5, 5.41) is 8.89. The van der Waals surface area contributed by atoms with E-state index in [2.05, 4.69) is 13.8 Å². The Morgan fingerprint density at radius 2 is 2.06 bits per heavy atom. The summed E-state index contributed by atoms with van der Waals surface area (Å²) in [6, 6.07) is 5.06. The van der Waals surface area contributed by atoms with Gasteiger partial charge in [-0.25, -0.2) is 4.79 Å². The van der Waals surface area contributed by atoms with Gasteiger partial charge >= 0.3 is 5.97 Å². The van der Waals surface area contributed by atoms with Gasteiger partial charge in [-0.2, -0.15) is 0 Å². The van der Waals surface area contributed by atoms with Crippen LogP contribution in [0.4, 0.5) is 0 Å². The zero-order valence-corrected chi connectivity index (χ0v) is 9.99. The molecule has 16 heavy (non-hydrogen) atoms. The minimum absolute atomic E-state index is 0.277. The highest BCUT2D eigenvalue weighted by Gasteiger charge is 2.06. The van der Waals surface area contributed by atoms with E-state index < -0.39 is 5.97 Å². The lowest BCUT2D eigenvalue weighted by atomic mass is 10.1. The van der Waals surface area contributed by atoms with Crippen molar-refractivity contribution in [1.82, 2.24) is 0 Å². The number of hydrogen-bond acceptors (Lipinski definition) is 2. The molecule has 0 heterocycles. The second-order valence-corrected chi connectivity index (χ2v) is 4.37. The van der Waals surface area contributed by atoms with Crippen LogP contribution in [0.5, 0.6) is 5.75 Å². The van der Waals surface area contributed by atoms with Crippen LogP contribution in [0.25, 0.3) is 0 Å². The van der Waals surface area contributed by atoms with E-state index in [1.807, 2.05) is 13.0 Å². The smallest absolute Gasteiger partial charge is 0.335 e. The molecule has 0 fully saturated rings. The van der Waals surface area contributed by atoms with Crippen molar-refractivity contribution in [2.75, 3.05) is 6.61 Å². The largest absolute Gasteiger partial charge is 0.494 e. The average molecular weight is 222 g/mol. The summed E-state index contributed by atoms with van der Waals surface area (Å²) in [4.78, 5) is 10.8. The summed E-state index contributed by atoms with van der Waals surface area (Å²) in [6.07, 6.45) is 0.969. The SMILES string of the molecule is Cc1cc(OCCC(C)C)cc(C(=O)O)c1. The summed E-state index contributed by atoms with van der Waals surface area (Å²) >= 11 is 0. The molecule has 0 aliphatic carbocycles. The van der Waals surface area contributed by atoms with Gasteiger partial charge in [-0.05, 0) is 43.0 Å². The Labute approximate surface area is 96.1 Å². The summed E-state index contributed by atoms with van der Waals surface area (Å²) in [5.74, 6) is 0.305. The molecule has 0 bridgehead atoms. The lowest BCUT2D eigenvalue weighted by molar-refractivity contribution is 0.0696. The van der Waals surface area contributed by atoms with Crippen LogP contribution in [-0.2, 0) is 0 Å². The van der Waals surface area contributed by atoms with E-state index in [-0.39, 0.29) is 5.56 Å². The van der Waals surface area contributed by atoms with Crippen molar-refractivity contribution in [1.29, 1.82) is 0 Å². The molecule has 1 rings (SSSR count). The molecule has 0 unspecified atom stereocenters. The van der Waals surface area contributed by atoms with Crippen LogP contribution < -0.4 is 4.74 Å². The molecule has 3 heteroatoms. The topological polar surface area (TPSA) is 46.5 Å². The first-order chi connectivity index (χ1) is 7.49. The molecule has 0 atom stereocenters. The van der Waals surface area contributed by atoms with Gasteiger partial charge in [-0.1, -0.05) is 13.8 Å². The molecule has 0 saturated heterocycles. The molecule has 0 radical (unpaired) electrons. The Balaban J connectivity index is 2.69. The van der Waals surface area contributed by atoms with Gasteiger partial charge in [0.05, 0.1) is 12.2 Å². The number of aromatic carboxylic acids is 1. The molecular formula is C13H18O3. The van der Waals surface area contributed by atoms with Gasteiger partial charge in [0, 0.05) is 0 Å². The maximum Gasteiger partial charge on any atom is 0.335 e. The third-order valence-electron chi connectivity index (χ3n) is 2.26. The number of rotatable bonds is 5. The summed E-state index contributed by atoms with van der Waals surface area (Å²) in [6.45, 7) is 6.74. The molecule has 0 saturated carbocycles. The predicted octanol–water partition coefficient (Wildman–Crippen LogP) is 3.12. The van der Waals surface area contributed by atoms with Gasteiger partial charge in [-0.3, -0.25) is 0 Å². The second kappa shape index (κ2) is 5.54. The summed E-state index contributed by atoms with van der Waals surface area (Å²) in [7, 11) is 0. The summed E-state index contributed by atoms with van der Waals surface area (Å²) < 4.78 is 5.53. The minimum atomic E-state index is -0.919. The molecular weight excluding hydrogens is 204 g/mol. The first-order valence-corrected chi connectivity index (χ1v) is 5.47. The van der Waals surface area contributed by atoms with Gasteiger partial charge in [0.2, 0.25) is 0 Å². The van der Waals surface area contributed by atoms with Gasteiger partial charge in [-0.15, -0.1) is 0 Å². The van der Waals surface area contributed by atoms with Crippen molar-refractivity contribution in [3.63, 3.8) is 0 Å². The number of carboxylic acid groups (broad SMARTS) is 1. The third-order valence-corrected chi connectivity index (χ3v) is 2.26. The highest BCUT2D eigenvalue weighted by atomic mass is 16.5. The Kier molecular flexibility index (Phi) is 4.35. The number of hydrogen-bond donors (Lipinski definition) is 1. The Morgan fingerprint density at radius 1 is 1.38 bits per heavy atom. The van der Waals surface area contributed by atoms with Gasteiger partial charge < -0.3 is 9.84 Å². The first kappa shape index (κ1) is 12.6. The zero-order valence-electron chi connectivity index (χ0n) is 9.99. The van der Waals surface area contributed by atoms with Crippen molar-refractivity contribution in [3.8, 4) is 5.75 Å². The van der Waals surface area contributed by atoms with E-state index in [9.17, 15) is 4.79 Å². The standard InChI is InChI=1S/C13H18O3/c1-9(2)4-5-16-12-7-10(3)6-11(8-12)13(14)15/h6-9H,4-5H2,1-3H3,(H,14,15). The van der Waals surface area contributed by atoms with Crippen LogP contribution >= 0.6 is 0 Å². The fourth-order valence-electron chi connectivity index (χ4n) is 1.37. The Hall–Kier alpha value is -1.51. The highest BCUT2D eigenvalue weighted by molar-refractivity contribution is 5.88. The molecule has 0 amide bonds. The van der Waals surface area contributed by atoms with Crippen molar-refractivity contribution in [2.24, 2.45) is 5.92 Å². The van der Waals surface area contributed by atoms with E-state index in [0.29, 0.717) is 18.3 Å². The van der Waals surface area contributed by atoms with Gasteiger partial charge in [0.25, 0.3) is 0 Å². The van der Waals surface area contributed by atoms with Crippen molar-refractivity contribution in [3.05, 3.63) is 29.3 Å². The first-order valence-electron chi connectivity index (χ1n) is 5.47. The van der Waals surface area contributed by atoms with E-state index in [1.165, 1.54) is 0 Å². The Bertz CT molecular complexity index is 369. The van der Waals surface area contributed by atoms with E-state index in [4.69, 9.17) is 9.84 Å². The number of ether oxygens (including phenoxy) is 1. The molecule has 0 aliphatic rings. The maximum atomic E-state index is 10.8. The van der Waals surface area contributed by atoms with Crippen LogP contribution in [0.3, 0.4) is 0 Å². The highest BCUT2D eigenvalue weighted by Crippen LogP contribution is 2.17. The van der Waals surface area contributed by atoms with Crippen molar-refractivity contribution < 1.29 is 14.6 Å².